The molecule has 1 unspecified atom stereocenters. The maximum absolute atomic E-state index is 12.1. The van der Waals surface area contributed by atoms with E-state index in [1.165, 1.54) is 19.3 Å². The minimum Gasteiger partial charge on any atom is -0.348 e. The van der Waals surface area contributed by atoms with Gasteiger partial charge in [0.25, 0.3) is 0 Å². The Kier molecular flexibility index (Phi) is 7.31. The molecule has 4 rings (SSSR count). The lowest BCUT2D eigenvalue weighted by Crippen LogP contribution is -2.27. The summed E-state index contributed by atoms with van der Waals surface area (Å²) in [5.41, 5.74) is 1.89. The molecule has 1 amide bonds. The number of nitrogens with zero attached hydrogens (tertiary/aromatic N) is 2. The Bertz CT molecular complexity index is 712. The summed E-state index contributed by atoms with van der Waals surface area (Å²) in [7, 11) is 0. The lowest BCUT2D eigenvalue weighted by atomic mass is 10.1. The van der Waals surface area contributed by atoms with Crippen LogP contribution in [0, 0.1) is 0 Å². The highest BCUT2D eigenvalue weighted by atomic mass is 35.5. The number of fused-ring (bicyclic) bond motifs is 1. The molecule has 2 fully saturated rings. The first kappa shape index (κ1) is 20.2. The Labute approximate surface area is 164 Å². The second-order valence-electron chi connectivity index (χ2n) is 6.42. The van der Waals surface area contributed by atoms with Gasteiger partial charge >= 0.3 is 0 Å². The van der Waals surface area contributed by atoms with Gasteiger partial charge in [-0.3, -0.25) is 4.79 Å². The third-order valence-corrected chi connectivity index (χ3v) is 5.71. The molecular weight excluding hydrogens is 379 g/mol. The van der Waals surface area contributed by atoms with Crippen LogP contribution in [0.25, 0.3) is 10.2 Å². The fourth-order valence-electron chi connectivity index (χ4n) is 3.40. The molecule has 2 aromatic rings. The molecule has 3 heterocycles. The number of nitrogens with one attached hydrogen (secondary N) is 2. The number of hydrogen-bond acceptors (Lipinski definition) is 5. The maximum Gasteiger partial charge on any atom is 0.225 e. The van der Waals surface area contributed by atoms with Crippen molar-refractivity contribution >= 4 is 63.1 Å². The summed E-state index contributed by atoms with van der Waals surface area (Å²) in [5.74, 6) is 0.0908. The molecule has 138 valence electrons. The molecule has 0 spiro atoms. The van der Waals surface area contributed by atoms with Crippen LogP contribution in [0.15, 0.2) is 18.2 Å². The lowest BCUT2D eigenvalue weighted by Gasteiger charge is -2.11. The Morgan fingerprint density at radius 2 is 2.08 bits per heavy atom. The van der Waals surface area contributed by atoms with Gasteiger partial charge in [0.1, 0.15) is 0 Å². The zero-order chi connectivity index (χ0) is 15.6. The summed E-state index contributed by atoms with van der Waals surface area (Å²) < 4.78 is 1.14. The molecule has 1 aromatic heterocycles. The van der Waals surface area contributed by atoms with Gasteiger partial charge in [-0.15, -0.1) is 24.8 Å². The molecule has 2 N–H and O–H groups in total. The lowest BCUT2D eigenvalue weighted by molar-refractivity contribution is -0.116. The van der Waals surface area contributed by atoms with Gasteiger partial charge in [0.05, 0.1) is 10.2 Å². The van der Waals surface area contributed by atoms with Crippen molar-refractivity contribution in [2.45, 2.75) is 38.1 Å². The van der Waals surface area contributed by atoms with Crippen LogP contribution in [-0.4, -0.2) is 36.6 Å². The van der Waals surface area contributed by atoms with Crippen LogP contribution in [0.4, 0.5) is 10.8 Å². The molecular formula is C17H24Cl2N4OS. The molecule has 1 atom stereocenters. The van der Waals surface area contributed by atoms with Crippen molar-refractivity contribution in [3.05, 3.63) is 18.2 Å². The Balaban J connectivity index is 0.00000113. The van der Waals surface area contributed by atoms with Crippen molar-refractivity contribution in [3.63, 3.8) is 0 Å². The summed E-state index contributed by atoms with van der Waals surface area (Å²) in [6, 6.07) is 6.35. The van der Waals surface area contributed by atoms with Crippen LogP contribution >= 0.6 is 36.2 Å². The standard InChI is InChI=1S/C17H22N4OS.2ClH/c22-16(11-12-4-3-7-18-12)19-13-5-6-14-15(10-13)23-17(20-14)21-8-1-2-9-21;;/h5-6,10,12,18H,1-4,7-9,11H2,(H,19,22);2*1H. The molecule has 5 nitrogen and oxygen atoms in total. The first-order valence-electron chi connectivity index (χ1n) is 8.47. The van der Waals surface area contributed by atoms with E-state index >= 15 is 0 Å². The Hall–Kier alpha value is -1.08. The molecule has 8 heteroatoms. The number of halogens is 2. The van der Waals surface area contributed by atoms with E-state index in [0.717, 1.165) is 47.1 Å². The van der Waals surface area contributed by atoms with E-state index in [4.69, 9.17) is 4.98 Å². The number of rotatable bonds is 4. The second-order valence-corrected chi connectivity index (χ2v) is 7.43. The summed E-state index contributed by atoms with van der Waals surface area (Å²) >= 11 is 1.72. The van der Waals surface area contributed by atoms with Crippen LogP contribution < -0.4 is 15.5 Å². The van der Waals surface area contributed by atoms with E-state index in [-0.39, 0.29) is 30.7 Å². The number of carbonyl (C=O) groups is 1. The third-order valence-electron chi connectivity index (χ3n) is 4.63. The van der Waals surface area contributed by atoms with Crippen LogP contribution in [0.2, 0.25) is 0 Å². The van der Waals surface area contributed by atoms with Gasteiger partial charge in [0, 0.05) is 31.2 Å². The van der Waals surface area contributed by atoms with Crippen LogP contribution in [-0.2, 0) is 4.79 Å². The van der Waals surface area contributed by atoms with E-state index in [2.05, 4.69) is 15.5 Å². The van der Waals surface area contributed by atoms with E-state index < -0.39 is 0 Å². The predicted molar refractivity (Wildman–Crippen MR) is 110 cm³/mol. The van der Waals surface area contributed by atoms with Crippen LogP contribution in [0.1, 0.15) is 32.1 Å². The van der Waals surface area contributed by atoms with Crippen molar-refractivity contribution < 1.29 is 4.79 Å². The van der Waals surface area contributed by atoms with Gasteiger partial charge in [-0.2, -0.15) is 0 Å². The highest BCUT2D eigenvalue weighted by Crippen LogP contribution is 2.32. The second kappa shape index (κ2) is 9.03. The number of anilines is 2. The third kappa shape index (κ3) is 4.76. The van der Waals surface area contributed by atoms with Crippen molar-refractivity contribution in [3.8, 4) is 0 Å². The average molecular weight is 403 g/mol. The van der Waals surface area contributed by atoms with Gasteiger partial charge in [-0.05, 0) is 50.4 Å². The van der Waals surface area contributed by atoms with Crippen LogP contribution in [0.3, 0.4) is 0 Å². The number of hydrogen-bond donors (Lipinski definition) is 2. The number of benzene rings is 1. The minimum atomic E-state index is 0. The molecule has 0 aliphatic carbocycles. The zero-order valence-electron chi connectivity index (χ0n) is 14.0. The van der Waals surface area contributed by atoms with Crippen molar-refractivity contribution in [1.29, 1.82) is 0 Å². The van der Waals surface area contributed by atoms with Gasteiger partial charge in [-0.1, -0.05) is 11.3 Å². The molecule has 1 aromatic carbocycles. The molecule has 25 heavy (non-hydrogen) atoms. The van der Waals surface area contributed by atoms with Gasteiger partial charge in [0.15, 0.2) is 5.13 Å². The molecule has 2 saturated heterocycles. The van der Waals surface area contributed by atoms with E-state index in [0.29, 0.717) is 12.5 Å². The van der Waals surface area contributed by atoms with E-state index in [1.54, 1.807) is 11.3 Å². The van der Waals surface area contributed by atoms with E-state index in [9.17, 15) is 4.79 Å². The monoisotopic (exact) mass is 402 g/mol. The van der Waals surface area contributed by atoms with Gasteiger partial charge in [-0.25, -0.2) is 4.98 Å². The topological polar surface area (TPSA) is 57.3 Å². The van der Waals surface area contributed by atoms with E-state index in [1.807, 2.05) is 18.2 Å². The SMILES string of the molecule is Cl.Cl.O=C(CC1CCCN1)Nc1ccc2nc(N3CCCC3)sc2c1. The highest BCUT2D eigenvalue weighted by Gasteiger charge is 2.19. The fraction of sp³-hybridized carbons (Fsp3) is 0.529. The molecule has 0 radical (unpaired) electrons. The summed E-state index contributed by atoms with van der Waals surface area (Å²) in [6.07, 6.45) is 5.34. The van der Waals surface area contributed by atoms with Gasteiger partial charge < -0.3 is 15.5 Å². The smallest absolute Gasteiger partial charge is 0.225 e. The molecule has 0 bridgehead atoms. The maximum atomic E-state index is 12.1. The largest absolute Gasteiger partial charge is 0.348 e. The van der Waals surface area contributed by atoms with Gasteiger partial charge in [0.2, 0.25) is 5.91 Å². The first-order valence-corrected chi connectivity index (χ1v) is 9.28. The fourth-order valence-corrected chi connectivity index (χ4v) is 4.46. The normalized spacial score (nSPS) is 19.5. The highest BCUT2D eigenvalue weighted by molar-refractivity contribution is 7.22. The number of carbonyl (C=O) groups excluding carboxylic acids is 1. The van der Waals surface area contributed by atoms with Crippen LogP contribution in [0.5, 0.6) is 0 Å². The molecule has 2 aliphatic heterocycles. The summed E-state index contributed by atoms with van der Waals surface area (Å²) in [5, 5.41) is 7.50. The minimum absolute atomic E-state index is 0. The average Bonchev–Trinajstić information content (AvgIpc) is 3.27. The number of aromatic nitrogens is 1. The van der Waals surface area contributed by atoms with Crippen molar-refractivity contribution in [2.75, 3.05) is 29.9 Å². The number of thiazole rings is 1. The summed E-state index contributed by atoms with van der Waals surface area (Å²) in [6.45, 7) is 3.25. The Morgan fingerprint density at radius 3 is 2.80 bits per heavy atom. The first-order chi connectivity index (χ1) is 11.3. The quantitative estimate of drug-likeness (QED) is 0.815. The zero-order valence-corrected chi connectivity index (χ0v) is 16.4. The number of amides is 1. The summed E-state index contributed by atoms with van der Waals surface area (Å²) in [4.78, 5) is 19.2. The Morgan fingerprint density at radius 1 is 1.28 bits per heavy atom. The predicted octanol–water partition coefficient (Wildman–Crippen LogP) is 3.82. The molecule has 2 aliphatic rings. The van der Waals surface area contributed by atoms with Crippen molar-refractivity contribution in [1.82, 2.24) is 10.3 Å². The van der Waals surface area contributed by atoms with Crippen molar-refractivity contribution in [2.24, 2.45) is 0 Å². The molecule has 0 saturated carbocycles.